The number of carbonyl (C=O) groups excluding carboxylic acids is 1. The molecule has 0 spiro atoms. The Bertz CT molecular complexity index is 1990. The third kappa shape index (κ3) is 33.4. The van der Waals surface area contributed by atoms with Crippen molar-refractivity contribution in [2.45, 2.75) is 311 Å². The molecule has 0 bridgehead atoms. The summed E-state index contributed by atoms with van der Waals surface area (Å²) in [6.45, 7) is 1.65. The van der Waals surface area contributed by atoms with Crippen LogP contribution >= 0.6 is 0 Å². The molecule has 89 heavy (non-hydrogen) atoms. The molecule has 0 aromatic carbocycles. The van der Waals surface area contributed by atoms with Crippen LogP contribution in [-0.2, 0) is 33.2 Å². The van der Waals surface area contributed by atoms with Crippen LogP contribution in [0.4, 0.5) is 0 Å². The lowest BCUT2D eigenvalue weighted by molar-refractivity contribution is -0.379. The maximum absolute atomic E-state index is 13.4. The molecule has 0 aliphatic carbocycles. The Hall–Kier alpha value is -3.29. The molecular weight excluding hydrogens is 1140 g/mol. The summed E-state index contributed by atoms with van der Waals surface area (Å²) >= 11 is 0. The van der Waals surface area contributed by atoms with Gasteiger partial charge in [-0.3, -0.25) is 4.79 Å². The molecule has 3 heterocycles. The predicted molar refractivity (Wildman–Crippen MR) is 346 cm³/mol. The number of nitrogens with one attached hydrogen (secondary N) is 1. The molecule has 3 aliphatic heterocycles. The first-order valence-electron chi connectivity index (χ1n) is 34.0. The largest absolute Gasteiger partial charge is 0.394 e. The number of hydrogen-bond acceptors (Lipinski definition) is 18. The van der Waals surface area contributed by atoms with Gasteiger partial charge in [0.15, 0.2) is 18.9 Å². The van der Waals surface area contributed by atoms with Crippen molar-refractivity contribution in [1.29, 1.82) is 0 Å². The molecule has 3 saturated heterocycles. The molecule has 3 aliphatic rings. The number of hydrogen-bond donors (Lipinski definition) is 12. The quantitative estimate of drug-likeness (QED) is 0.0201. The second-order valence-electron chi connectivity index (χ2n) is 23.9. The molecule has 17 unspecified atom stereocenters. The van der Waals surface area contributed by atoms with E-state index in [4.69, 9.17) is 28.4 Å². The molecule has 3 rings (SSSR count). The smallest absolute Gasteiger partial charge is 0.220 e. The number of aliphatic hydroxyl groups is 11. The molecule has 19 heteroatoms. The molecule has 1 amide bonds. The van der Waals surface area contributed by atoms with E-state index in [0.29, 0.717) is 12.8 Å². The van der Waals surface area contributed by atoms with E-state index in [1.54, 1.807) is 0 Å². The topological polar surface area (TPSA) is 307 Å². The lowest BCUT2D eigenvalue weighted by Crippen LogP contribution is -2.66. The SMILES string of the molecule is CC/C=C\C/C=C\C/C=C\C/C=C\C/C=C\C/C=C\C/C=C\C/C=C\CCCCCCC(=O)NC(COC1OC(CO)C(OC2OC(CO)C(OC3OC(CO)C(O)C(O)C3O)C(O)C2O)C(O)C1O)C(O)CCCCCCCCCCCCCCCCC. The van der Waals surface area contributed by atoms with Gasteiger partial charge in [0, 0.05) is 6.42 Å². The van der Waals surface area contributed by atoms with Gasteiger partial charge in [-0.2, -0.15) is 0 Å². The van der Waals surface area contributed by atoms with Gasteiger partial charge in [0.25, 0.3) is 0 Å². The molecule has 512 valence electrons. The third-order valence-corrected chi connectivity index (χ3v) is 16.4. The Morgan fingerprint density at radius 1 is 0.416 bits per heavy atom. The number of aliphatic hydroxyl groups excluding tert-OH is 11. The van der Waals surface area contributed by atoms with E-state index in [1.165, 1.54) is 70.6 Å². The van der Waals surface area contributed by atoms with Crippen molar-refractivity contribution in [2.24, 2.45) is 0 Å². The minimum atomic E-state index is -1.98. The average Bonchev–Trinajstić information content (AvgIpc) is 2.42. The number of ether oxygens (including phenoxy) is 6. The van der Waals surface area contributed by atoms with Crippen LogP contribution in [0, 0.1) is 0 Å². The number of carbonyl (C=O) groups is 1. The van der Waals surface area contributed by atoms with Gasteiger partial charge in [-0.1, -0.05) is 220 Å². The van der Waals surface area contributed by atoms with E-state index in [9.17, 15) is 61.0 Å². The molecule has 17 atom stereocenters. The second-order valence-corrected chi connectivity index (χ2v) is 23.9. The van der Waals surface area contributed by atoms with Crippen molar-refractivity contribution >= 4 is 5.91 Å². The van der Waals surface area contributed by atoms with E-state index in [2.05, 4.69) is 116 Å². The van der Waals surface area contributed by atoms with E-state index in [1.807, 2.05) is 0 Å². The Morgan fingerprint density at radius 3 is 1.21 bits per heavy atom. The second kappa shape index (κ2) is 51.2. The summed E-state index contributed by atoms with van der Waals surface area (Å²) in [4.78, 5) is 13.4. The lowest BCUT2D eigenvalue weighted by Gasteiger charge is -2.48. The van der Waals surface area contributed by atoms with E-state index >= 15 is 0 Å². The van der Waals surface area contributed by atoms with Crippen LogP contribution in [0.1, 0.15) is 206 Å². The first kappa shape index (κ1) is 79.9. The van der Waals surface area contributed by atoms with Crippen LogP contribution in [0.15, 0.2) is 97.2 Å². The van der Waals surface area contributed by atoms with E-state index in [-0.39, 0.29) is 18.9 Å². The summed E-state index contributed by atoms with van der Waals surface area (Å²) < 4.78 is 34.4. The van der Waals surface area contributed by atoms with Crippen molar-refractivity contribution in [2.75, 3.05) is 26.4 Å². The van der Waals surface area contributed by atoms with Crippen LogP contribution in [0.25, 0.3) is 0 Å². The van der Waals surface area contributed by atoms with Crippen molar-refractivity contribution < 1.29 is 89.4 Å². The zero-order chi connectivity index (χ0) is 64.7. The fraction of sp³-hybridized carbons (Fsp3) is 0.757. The summed E-state index contributed by atoms with van der Waals surface area (Å²) in [6.07, 6.45) is 39.1. The highest BCUT2D eigenvalue weighted by Gasteiger charge is 2.53. The monoisotopic (exact) mass is 1260 g/mol. The maximum Gasteiger partial charge on any atom is 0.220 e. The maximum atomic E-state index is 13.4. The van der Waals surface area contributed by atoms with Gasteiger partial charge < -0.3 is 89.9 Å². The highest BCUT2D eigenvalue weighted by atomic mass is 16.8. The first-order valence-corrected chi connectivity index (χ1v) is 34.0. The van der Waals surface area contributed by atoms with Crippen molar-refractivity contribution in [3.63, 3.8) is 0 Å². The number of amides is 1. The third-order valence-electron chi connectivity index (χ3n) is 16.4. The van der Waals surface area contributed by atoms with Crippen molar-refractivity contribution in [3.8, 4) is 0 Å². The normalized spacial score (nSPS) is 28.8. The van der Waals surface area contributed by atoms with Crippen molar-refractivity contribution in [3.05, 3.63) is 97.2 Å². The zero-order valence-electron chi connectivity index (χ0n) is 53.9. The van der Waals surface area contributed by atoms with Gasteiger partial charge in [-0.05, 0) is 77.0 Å². The van der Waals surface area contributed by atoms with Gasteiger partial charge >= 0.3 is 0 Å². The Morgan fingerprint density at radius 2 is 0.775 bits per heavy atom. The van der Waals surface area contributed by atoms with Gasteiger partial charge in [0.1, 0.15) is 73.2 Å². The van der Waals surface area contributed by atoms with Crippen LogP contribution in [0.5, 0.6) is 0 Å². The highest BCUT2D eigenvalue weighted by Crippen LogP contribution is 2.33. The Balaban J connectivity index is 1.44. The summed E-state index contributed by atoms with van der Waals surface area (Å²) in [6, 6.07) is -0.908. The summed E-state index contributed by atoms with van der Waals surface area (Å²) in [5.41, 5.74) is 0. The Labute approximate surface area is 533 Å². The highest BCUT2D eigenvalue weighted by molar-refractivity contribution is 5.76. The fourth-order valence-corrected chi connectivity index (χ4v) is 10.9. The van der Waals surface area contributed by atoms with E-state index in [0.717, 1.165) is 103 Å². The molecule has 0 aromatic heterocycles. The first-order chi connectivity index (χ1) is 43.3. The number of unbranched alkanes of at least 4 members (excludes halogenated alkanes) is 18. The molecule has 0 saturated carbocycles. The van der Waals surface area contributed by atoms with Crippen LogP contribution in [-0.4, -0.2) is 193 Å². The minimum Gasteiger partial charge on any atom is -0.394 e. The minimum absolute atomic E-state index is 0.230. The van der Waals surface area contributed by atoms with Crippen LogP contribution < -0.4 is 5.32 Å². The summed E-state index contributed by atoms with van der Waals surface area (Å²) in [5.74, 6) is -0.271. The van der Waals surface area contributed by atoms with Gasteiger partial charge in [-0.25, -0.2) is 0 Å². The number of rotatable bonds is 50. The lowest BCUT2D eigenvalue weighted by atomic mass is 9.96. The van der Waals surface area contributed by atoms with Crippen LogP contribution in [0.2, 0.25) is 0 Å². The zero-order valence-corrected chi connectivity index (χ0v) is 53.9. The van der Waals surface area contributed by atoms with Gasteiger partial charge in [0.05, 0.1) is 38.6 Å². The average molecular weight is 1260 g/mol. The van der Waals surface area contributed by atoms with Gasteiger partial charge in [0.2, 0.25) is 5.91 Å². The summed E-state index contributed by atoms with van der Waals surface area (Å²) in [7, 11) is 0. The fourth-order valence-electron chi connectivity index (χ4n) is 10.9. The Kier molecular flexibility index (Phi) is 46.0. The molecule has 3 fully saturated rings. The van der Waals surface area contributed by atoms with Gasteiger partial charge in [-0.15, -0.1) is 0 Å². The summed E-state index contributed by atoms with van der Waals surface area (Å²) in [5, 5.41) is 121. The van der Waals surface area contributed by atoms with Crippen molar-refractivity contribution in [1.82, 2.24) is 5.32 Å². The standard InChI is InChI=1S/C70H119NO18/c1-3-5-7-9-11-13-15-17-19-20-21-22-23-24-25-26-27-28-29-30-31-32-34-36-38-40-42-44-46-48-58(76)71-53(54(75)47-45-43-41-39-37-35-33-18-16-14-12-10-8-6-4-2)52-84-68-64(82)61(79)66(56(50-73)86-68)89-70-65(83)62(80)67(57(51-74)87-70)88-69-63(81)60(78)59(77)55(49-72)85-69/h5,7,11,13,17,19,21-22,24-25,27-28,30-31,34,36,53-57,59-70,72-75,77-83H,3-4,6,8-10,12,14-16,18,20,23,26,29,32-33,35,37-52H2,1-2H3,(H,71,76)/b7-5-,13-11-,19-17-,22-21-,25-24-,28-27-,31-30-,36-34-. The number of allylic oxidation sites excluding steroid dienone is 16. The molecule has 19 nitrogen and oxygen atoms in total. The van der Waals surface area contributed by atoms with E-state index < -0.39 is 124 Å². The molecule has 12 N–H and O–H groups in total. The van der Waals surface area contributed by atoms with Crippen LogP contribution in [0.3, 0.4) is 0 Å². The predicted octanol–water partition coefficient (Wildman–Crippen LogP) is 8.49. The molecule has 0 radical (unpaired) electrons. The molecular formula is C70H119NO18. The molecule has 0 aromatic rings.